The summed E-state index contributed by atoms with van der Waals surface area (Å²) in [6.45, 7) is 2.78. The van der Waals surface area contributed by atoms with Crippen LogP contribution < -0.4 is 5.32 Å². The number of nitrogens with one attached hydrogen (secondary N) is 1. The van der Waals surface area contributed by atoms with Crippen molar-refractivity contribution in [1.29, 1.82) is 0 Å². The van der Waals surface area contributed by atoms with Crippen molar-refractivity contribution in [2.45, 2.75) is 19.9 Å². The number of aromatic carboxylic acids is 1. The highest BCUT2D eigenvalue weighted by Gasteiger charge is 2.12. The highest BCUT2D eigenvalue weighted by atomic mass is 16.4. The molecule has 0 fully saturated rings. The molecule has 0 spiro atoms. The third-order valence-electron chi connectivity index (χ3n) is 2.78. The number of hydrogen-bond acceptors (Lipinski definition) is 3. The minimum absolute atomic E-state index is 0.0826. The highest BCUT2D eigenvalue weighted by molar-refractivity contribution is 6.03. The Morgan fingerprint density at radius 3 is 2.90 bits per heavy atom. The molecule has 0 aromatic carbocycles. The van der Waals surface area contributed by atoms with E-state index in [4.69, 9.17) is 5.11 Å². The first-order valence-corrected chi connectivity index (χ1v) is 6.27. The van der Waals surface area contributed by atoms with Gasteiger partial charge in [0.1, 0.15) is 11.5 Å². The minimum atomic E-state index is -1.06. The number of carboxylic acid groups (broad SMARTS) is 1. The van der Waals surface area contributed by atoms with Gasteiger partial charge in [0.15, 0.2) is 0 Å². The van der Waals surface area contributed by atoms with Crippen molar-refractivity contribution in [1.82, 2.24) is 9.55 Å². The predicted molar refractivity (Wildman–Crippen MR) is 73.9 cm³/mol. The van der Waals surface area contributed by atoms with Crippen LogP contribution in [0.2, 0.25) is 0 Å². The van der Waals surface area contributed by atoms with Crippen molar-refractivity contribution in [3.05, 3.63) is 47.9 Å². The summed E-state index contributed by atoms with van der Waals surface area (Å²) in [7, 11) is 0. The van der Waals surface area contributed by atoms with Crippen molar-refractivity contribution >= 4 is 17.7 Å². The molecule has 0 aliphatic carbocycles. The molecule has 0 saturated heterocycles. The predicted octanol–water partition coefficient (Wildman–Crippen LogP) is 2.24. The molecule has 6 nitrogen and oxygen atoms in total. The molecule has 0 aliphatic rings. The number of hydrogen-bond donors (Lipinski definition) is 2. The molecule has 2 aromatic heterocycles. The van der Waals surface area contributed by atoms with Crippen LogP contribution in [0.25, 0.3) is 0 Å². The zero-order valence-electron chi connectivity index (χ0n) is 11.0. The van der Waals surface area contributed by atoms with E-state index in [0.29, 0.717) is 5.69 Å². The second kappa shape index (κ2) is 6.01. The van der Waals surface area contributed by atoms with Crippen LogP contribution >= 0.6 is 0 Å². The third-order valence-corrected chi connectivity index (χ3v) is 2.78. The Morgan fingerprint density at radius 1 is 1.40 bits per heavy atom. The Balaban J connectivity index is 2.17. The van der Waals surface area contributed by atoms with Crippen LogP contribution in [0, 0.1) is 0 Å². The van der Waals surface area contributed by atoms with Gasteiger partial charge in [0, 0.05) is 18.9 Å². The molecular weight excluding hydrogens is 258 g/mol. The molecule has 20 heavy (non-hydrogen) atoms. The minimum Gasteiger partial charge on any atom is -0.478 e. The van der Waals surface area contributed by atoms with Gasteiger partial charge in [-0.15, -0.1) is 0 Å². The Bertz CT molecular complexity index is 634. The number of rotatable bonds is 5. The first kappa shape index (κ1) is 13.8. The lowest BCUT2D eigenvalue weighted by Crippen LogP contribution is -2.17. The van der Waals surface area contributed by atoms with E-state index in [0.717, 1.165) is 13.0 Å². The van der Waals surface area contributed by atoms with Gasteiger partial charge in [-0.2, -0.15) is 0 Å². The van der Waals surface area contributed by atoms with E-state index in [1.807, 2.05) is 17.7 Å². The summed E-state index contributed by atoms with van der Waals surface area (Å²) < 4.78 is 1.84. The number of aryl methyl sites for hydroxylation is 1. The maximum absolute atomic E-state index is 12.1. The number of carbonyl (C=O) groups is 2. The molecule has 0 saturated carbocycles. The maximum Gasteiger partial charge on any atom is 0.335 e. The number of carboxylic acids is 1. The smallest absolute Gasteiger partial charge is 0.335 e. The van der Waals surface area contributed by atoms with Crippen molar-refractivity contribution in [3.8, 4) is 0 Å². The van der Waals surface area contributed by atoms with E-state index in [1.165, 1.54) is 18.3 Å². The van der Waals surface area contributed by atoms with E-state index >= 15 is 0 Å². The van der Waals surface area contributed by atoms with Crippen LogP contribution in [0.3, 0.4) is 0 Å². The van der Waals surface area contributed by atoms with Crippen molar-refractivity contribution < 1.29 is 14.7 Å². The molecule has 0 aliphatic heterocycles. The van der Waals surface area contributed by atoms with E-state index in [2.05, 4.69) is 10.3 Å². The molecule has 2 heterocycles. The fourth-order valence-corrected chi connectivity index (χ4v) is 1.87. The lowest BCUT2D eigenvalue weighted by Gasteiger charge is -2.08. The van der Waals surface area contributed by atoms with E-state index in [1.54, 1.807) is 12.1 Å². The summed E-state index contributed by atoms with van der Waals surface area (Å²) in [5, 5.41) is 11.5. The van der Waals surface area contributed by atoms with E-state index in [-0.39, 0.29) is 17.3 Å². The summed E-state index contributed by atoms with van der Waals surface area (Å²) >= 11 is 0. The second-order valence-corrected chi connectivity index (χ2v) is 4.28. The molecule has 2 rings (SSSR count). The maximum atomic E-state index is 12.1. The molecule has 0 atom stereocenters. The molecule has 104 valence electrons. The van der Waals surface area contributed by atoms with Gasteiger partial charge in [-0.1, -0.05) is 6.92 Å². The van der Waals surface area contributed by atoms with Crippen molar-refractivity contribution in [3.63, 3.8) is 0 Å². The van der Waals surface area contributed by atoms with Crippen molar-refractivity contribution in [2.24, 2.45) is 0 Å². The van der Waals surface area contributed by atoms with Gasteiger partial charge in [0.2, 0.25) is 0 Å². The molecule has 0 unspecified atom stereocenters. The zero-order chi connectivity index (χ0) is 14.5. The quantitative estimate of drug-likeness (QED) is 0.875. The number of anilines is 1. The Labute approximate surface area is 116 Å². The molecule has 0 bridgehead atoms. The molecule has 6 heteroatoms. The number of pyridine rings is 1. The normalized spacial score (nSPS) is 10.2. The van der Waals surface area contributed by atoms with Gasteiger partial charge >= 0.3 is 5.97 Å². The van der Waals surface area contributed by atoms with Crippen LogP contribution in [-0.2, 0) is 6.54 Å². The highest BCUT2D eigenvalue weighted by Crippen LogP contribution is 2.10. The topological polar surface area (TPSA) is 84.2 Å². The third kappa shape index (κ3) is 3.03. The fourth-order valence-electron chi connectivity index (χ4n) is 1.87. The van der Waals surface area contributed by atoms with Crippen LogP contribution in [0.15, 0.2) is 36.7 Å². The zero-order valence-corrected chi connectivity index (χ0v) is 11.0. The van der Waals surface area contributed by atoms with E-state index in [9.17, 15) is 9.59 Å². The Kier molecular flexibility index (Phi) is 4.14. The van der Waals surface area contributed by atoms with Crippen molar-refractivity contribution in [2.75, 3.05) is 5.32 Å². The summed E-state index contributed by atoms with van der Waals surface area (Å²) in [6, 6.07) is 6.21. The summed E-state index contributed by atoms with van der Waals surface area (Å²) in [6.07, 6.45) is 4.10. The monoisotopic (exact) mass is 273 g/mol. The van der Waals surface area contributed by atoms with Crippen LogP contribution in [0.1, 0.15) is 34.2 Å². The molecule has 0 radical (unpaired) electrons. The van der Waals surface area contributed by atoms with Crippen LogP contribution in [-0.4, -0.2) is 26.5 Å². The molecule has 2 aromatic rings. The van der Waals surface area contributed by atoms with Gasteiger partial charge in [0.05, 0.1) is 5.56 Å². The van der Waals surface area contributed by atoms with Gasteiger partial charge in [-0.3, -0.25) is 4.79 Å². The number of amides is 1. The lowest BCUT2D eigenvalue weighted by molar-refractivity contribution is 0.0696. The summed E-state index contributed by atoms with van der Waals surface area (Å²) in [4.78, 5) is 26.9. The number of nitrogens with zero attached hydrogens (tertiary/aromatic N) is 2. The van der Waals surface area contributed by atoms with Gasteiger partial charge in [0.25, 0.3) is 5.91 Å². The summed E-state index contributed by atoms with van der Waals surface area (Å²) in [5.74, 6) is -1.14. The lowest BCUT2D eigenvalue weighted by atomic mass is 10.2. The second-order valence-electron chi connectivity index (χ2n) is 4.28. The average Bonchev–Trinajstić information content (AvgIpc) is 2.88. The summed E-state index contributed by atoms with van der Waals surface area (Å²) in [5.41, 5.74) is 0.605. The molecule has 2 N–H and O–H groups in total. The van der Waals surface area contributed by atoms with Gasteiger partial charge in [-0.05, 0) is 30.7 Å². The Morgan fingerprint density at radius 2 is 2.20 bits per heavy atom. The number of aromatic nitrogens is 2. The van der Waals surface area contributed by atoms with Crippen LogP contribution in [0.5, 0.6) is 0 Å². The largest absolute Gasteiger partial charge is 0.478 e. The SMILES string of the molecule is CCCn1cccc1C(=O)Nc1cc(C(=O)O)ccn1. The van der Waals surface area contributed by atoms with Gasteiger partial charge < -0.3 is 15.0 Å². The first-order valence-electron chi connectivity index (χ1n) is 6.27. The van der Waals surface area contributed by atoms with Crippen LogP contribution in [0.4, 0.5) is 5.82 Å². The molecular formula is C14H15N3O3. The standard InChI is InChI=1S/C14H15N3O3/c1-2-7-17-8-3-4-11(17)13(18)16-12-9-10(14(19)20)5-6-15-12/h3-6,8-9H,2,7H2,1H3,(H,19,20)(H,15,16,18). The average molecular weight is 273 g/mol. The Hall–Kier alpha value is -2.63. The first-order chi connectivity index (χ1) is 9.61. The molecule has 1 amide bonds. The number of carbonyl (C=O) groups excluding carboxylic acids is 1. The van der Waals surface area contributed by atoms with E-state index < -0.39 is 5.97 Å². The fraction of sp³-hybridized carbons (Fsp3) is 0.214. The van der Waals surface area contributed by atoms with Gasteiger partial charge in [-0.25, -0.2) is 9.78 Å².